The van der Waals surface area contributed by atoms with Crippen LogP contribution in [0.1, 0.15) is 0 Å². The second kappa shape index (κ2) is 8.78. The van der Waals surface area contributed by atoms with E-state index < -0.39 is 37.8 Å². The van der Waals surface area contributed by atoms with Gasteiger partial charge in [-0.3, -0.25) is 29.2 Å². The molecule has 152 valence electrons. The predicted molar refractivity (Wildman–Crippen MR) is 106 cm³/mol. The van der Waals surface area contributed by atoms with Gasteiger partial charge in [-0.1, -0.05) is 18.2 Å². The Morgan fingerprint density at radius 2 is 1.62 bits per heavy atom. The largest absolute Gasteiger partial charge is 0.368 e. The van der Waals surface area contributed by atoms with Crippen molar-refractivity contribution in [2.45, 2.75) is 4.90 Å². The molecule has 1 saturated heterocycles. The van der Waals surface area contributed by atoms with Crippen molar-refractivity contribution < 1.29 is 18.9 Å². The zero-order valence-electron chi connectivity index (χ0n) is 15.3. The molecule has 0 aromatic heterocycles. The summed E-state index contributed by atoms with van der Waals surface area (Å²) >= 11 is 0. The Kier molecular flexibility index (Phi) is 6.17. The first-order chi connectivity index (χ1) is 13.9. The maximum atomic E-state index is 12.6. The molecule has 10 nitrogen and oxygen atoms in total. The zero-order chi connectivity index (χ0) is 21.0. The summed E-state index contributed by atoms with van der Waals surface area (Å²) < 4.78 is 12.6. The lowest BCUT2D eigenvalue weighted by atomic mass is 10.2. The summed E-state index contributed by atoms with van der Waals surface area (Å²) in [7, 11) is -1.98. The van der Waals surface area contributed by atoms with Gasteiger partial charge in [0.05, 0.1) is 26.7 Å². The van der Waals surface area contributed by atoms with E-state index in [1.165, 1.54) is 0 Å². The number of non-ortho nitro benzene ring substituents is 1. The van der Waals surface area contributed by atoms with Crippen molar-refractivity contribution in [3.63, 3.8) is 0 Å². The zero-order valence-corrected chi connectivity index (χ0v) is 16.1. The number of benzene rings is 2. The molecule has 1 atom stereocenters. The van der Waals surface area contributed by atoms with Crippen LogP contribution in [-0.2, 0) is 15.6 Å². The van der Waals surface area contributed by atoms with Gasteiger partial charge in [-0.25, -0.2) is 0 Å². The number of amides is 1. The number of nitrogens with zero attached hydrogens (tertiary/aromatic N) is 4. The van der Waals surface area contributed by atoms with Crippen LogP contribution in [0.15, 0.2) is 53.4 Å². The van der Waals surface area contributed by atoms with Crippen molar-refractivity contribution in [3.8, 4) is 0 Å². The predicted octanol–water partition coefficient (Wildman–Crippen LogP) is 1.96. The van der Waals surface area contributed by atoms with Gasteiger partial charge < -0.3 is 9.80 Å². The normalized spacial score (nSPS) is 15.0. The Morgan fingerprint density at radius 3 is 2.21 bits per heavy atom. The average molecular weight is 418 g/mol. The number of nitro groups is 2. The molecular weight excluding hydrogens is 400 g/mol. The van der Waals surface area contributed by atoms with Crippen molar-refractivity contribution in [1.29, 1.82) is 0 Å². The van der Waals surface area contributed by atoms with Gasteiger partial charge in [0.15, 0.2) is 0 Å². The number of anilines is 1. The standard InChI is InChI=1S/C18H18N4O6S/c23-18(20-10-8-19(9-11-20)14-4-2-1-3-5-14)13-29(28)17-7-6-15(21(24)25)12-16(17)22(26)27/h1-7,12H,8-11,13H2. The summed E-state index contributed by atoms with van der Waals surface area (Å²) in [6.07, 6.45) is 0. The second-order valence-electron chi connectivity index (χ2n) is 6.36. The molecule has 1 aliphatic heterocycles. The molecule has 0 saturated carbocycles. The maximum absolute atomic E-state index is 12.6. The Morgan fingerprint density at radius 1 is 0.966 bits per heavy atom. The van der Waals surface area contributed by atoms with E-state index in [1.807, 2.05) is 30.3 Å². The quantitative estimate of drug-likeness (QED) is 0.518. The summed E-state index contributed by atoms with van der Waals surface area (Å²) in [5, 5.41) is 22.0. The molecule has 1 heterocycles. The van der Waals surface area contributed by atoms with E-state index in [2.05, 4.69) is 4.90 Å². The first-order valence-corrected chi connectivity index (χ1v) is 10.1. The van der Waals surface area contributed by atoms with Crippen LogP contribution in [0, 0.1) is 20.2 Å². The monoisotopic (exact) mass is 418 g/mol. The number of nitro benzene ring substituents is 2. The van der Waals surface area contributed by atoms with Gasteiger partial charge in [0.1, 0.15) is 10.6 Å². The van der Waals surface area contributed by atoms with Crippen LogP contribution in [0.2, 0.25) is 0 Å². The van der Waals surface area contributed by atoms with Crippen LogP contribution >= 0.6 is 0 Å². The van der Waals surface area contributed by atoms with Gasteiger partial charge in [-0.2, -0.15) is 0 Å². The van der Waals surface area contributed by atoms with Crippen molar-refractivity contribution in [2.75, 3.05) is 36.8 Å². The van der Waals surface area contributed by atoms with E-state index in [-0.39, 0.29) is 10.8 Å². The van der Waals surface area contributed by atoms with E-state index >= 15 is 0 Å². The highest BCUT2D eigenvalue weighted by molar-refractivity contribution is 7.86. The van der Waals surface area contributed by atoms with Crippen LogP contribution < -0.4 is 4.90 Å². The Bertz CT molecular complexity index is 960. The number of carbonyl (C=O) groups is 1. The molecule has 0 radical (unpaired) electrons. The lowest BCUT2D eigenvalue weighted by Crippen LogP contribution is -2.49. The second-order valence-corrected chi connectivity index (χ2v) is 7.78. The minimum absolute atomic E-state index is 0.197. The molecule has 0 bridgehead atoms. The highest BCUT2D eigenvalue weighted by Crippen LogP contribution is 2.27. The third-order valence-electron chi connectivity index (χ3n) is 4.60. The van der Waals surface area contributed by atoms with E-state index in [9.17, 15) is 29.2 Å². The third-order valence-corrected chi connectivity index (χ3v) is 5.95. The first kappa shape index (κ1) is 20.4. The number of hydrogen-bond donors (Lipinski definition) is 0. The van der Waals surface area contributed by atoms with Crippen LogP contribution in [0.4, 0.5) is 17.1 Å². The molecule has 2 aromatic carbocycles. The fourth-order valence-corrected chi connectivity index (χ4v) is 4.24. The number of piperazine rings is 1. The molecule has 29 heavy (non-hydrogen) atoms. The van der Waals surface area contributed by atoms with Gasteiger partial charge >= 0.3 is 0 Å². The van der Waals surface area contributed by atoms with Crippen LogP contribution in [-0.4, -0.2) is 56.8 Å². The summed E-state index contributed by atoms with van der Waals surface area (Å²) in [6, 6.07) is 12.7. The molecule has 1 amide bonds. The molecular formula is C18H18N4O6S. The highest BCUT2D eigenvalue weighted by atomic mass is 32.2. The molecule has 3 rings (SSSR count). The Hall–Kier alpha value is -3.34. The van der Waals surface area contributed by atoms with E-state index in [0.717, 1.165) is 23.9 Å². The van der Waals surface area contributed by atoms with Crippen LogP contribution in [0.5, 0.6) is 0 Å². The van der Waals surface area contributed by atoms with E-state index in [1.54, 1.807) is 4.90 Å². The number of hydrogen-bond acceptors (Lipinski definition) is 7. The summed E-state index contributed by atoms with van der Waals surface area (Å²) in [6.45, 7) is 2.15. The lowest BCUT2D eigenvalue weighted by Gasteiger charge is -2.36. The van der Waals surface area contributed by atoms with Crippen molar-refractivity contribution in [3.05, 3.63) is 68.8 Å². The Labute approximate surface area is 168 Å². The maximum Gasteiger partial charge on any atom is 0.292 e. The molecule has 1 aliphatic rings. The first-order valence-electron chi connectivity index (χ1n) is 8.76. The minimum Gasteiger partial charge on any atom is -0.368 e. The molecule has 0 aliphatic carbocycles. The van der Waals surface area contributed by atoms with Gasteiger partial charge in [0.25, 0.3) is 11.4 Å². The summed E-state index contributed by atoms with van der Waals surface area (Å²) in [5.74, 6) is -0.784. The topological polar surface area (TPSA) is 127 Å². The fraction of sp³-hybridized carbons (Fsp3) is 0.278. The molecule has 0 spiro atoms. The van der Waals surface area contributed by atoms with Gasteiger partial charge in [-0.05, 0) is 18.2 Å². The molecule has 0 N–H and O–H groups in total. The van der Waals surface area contributed by atoms with Gasteiger partial charge in [0, 0.05) is 37.9 Å². The molecule has 1 fully saturated rings. The smallest absolute Gasteiger partial charge is 0.292 e. The highest BCUT2D eigenvalue weighted by Gasteiger charge is 2.27. The molecule has 1 unspecified atom stereocenters. The number of carbonyl (C=O) groups excluding carboxylic acids is 1. The van der Waals surface area contributed by atoms with Crippen molar-refractivity contribution in [2.24, 2.45) is 0 Å². The minimum atomic E-state index is -1.98. The number of para-hydroxylation sites is 1. The average Bonchev–Trinajstić information content (AvgIpc) is 2.73. The number of rotatable bonds is 6. The van der Waals surface area contributed by atoms with Gasteiger partial charge in [0.2, 0.25) is 5.91 Å². The Balaban J connectivity index is 1.65. The third kappa shape index (κ3) is 4.74. The van der Waals surface area contributed by atoms with Crippen LogP contribution in [0.3, 0.4) is 0 Å². The van der Waals surface area contributed by atoms with Gasteiger partial charge in [-0.15, -0.1) is 0 Å². The van der Waals surface area contributed by atoms with E-state index in [0.29, 0.717) is 26.2 Å². The molecule has 11 heteroatoms. The fourth-order valence-electron chi connectivity index (χ4n) is 3.09. The summed E-state index contributed by atoms with van der Waals surface area (Å²) in [5.41, 5.74) is -0.0373. The van der Waals surface area contributed by atoms with Crippen molar-refractivity contribution >= 4 is 33.8 Å². The van der Waals surface area contributed by atoms with Crippen molar-refractivity contribution in [1.82, 2.24) is 4.90 Å². The SMILES string of the molecule is O=C(CS(=O)c1ccc([N+](=O)[O-])cc1[N+](=O)[O-])N1CCN(c2ccccc2)CC1. The summed E-state index contributed by atoms with van der Waals surface area (Å²) in [4.78, 5) is 36.5. The lowest BCUT2D eigenvalue weighted by molar-refractivity contribution is -0.396. The van der Waals surface area contributed by atoms with E-state index in [4.69, 9.17) is 0 Å². The van der Waals surface area contributed by atoms with Crippen LogP contribution in [0.25, 0.3) is 0 Å². The molecule has 2 aromatic rings.